The number of carbonyl (C=O) groups is 1. The lowest BCUT2D eigenvalue weighted by Crippen LogP contribution is -2.11. The molecule has 0 atom stereocenters. The molecule has 0 spiro atoms. The van der Waals surface area contributed by atoms with E-state index >= 15 is 0 Å². The maximum Gasteiger partial charge on any atom is 0.244 e. The number of carbonyl (C=O) groups excluding carboxylic acids is 1. The predicted octanol–water partition coefficient (Wildman–Crippen LogP) is 1.64. The van der Waals surface area contributed by atoms with Crippen LogP contribution in [0, 0.1) is 0 Å². The Balaban J connectivity index is 2.90. The van der Waals surface area contributed by atoms with Gasteiger partial charge in [-0.05, 0) is 30.7 Å². The third-order valence-electron chi connectivity index (χ3n) is 2.18. The summed E-state index contributed by atoms with van der Waals surface area (Å²) in [7, 11) is 3.97. The van der Waals surface area contributed by atoms with Crippen LogP contribution in [-0.4, -0.2) is 20.0 Å². The van der Waals surface area contributed by atoms with Crippen LogP contribution >= 0.6 is 0 Å². The Morgan fingerprint density at radius 3 is 2.20 bits per heavy atom. The second-order valence-corrected chi connectivity index (χ2v) is 3.68. The normalized spacial score (nSPS) is 11.3. The van der Waals surface area contributed by atoms with Crippen molar-refractivity contribution in [1.29, 1.82) is 0 Å². The van der Waals surface area contributed by atoms with Crippen molar-refractivity contribution < 1.29 is 4.79 Å². The fraction of sp³-hybridized carbons (Fsp3) is 0.250. The molecule has 0 unspecified atom stereocenters. The summed E-state index contributed by atoms with van der Waals surface area (Å²) in [4.78, 5) is 12.8. The molecule has 0 bridgehead atoms. The molecule has 2 N–H and O–H groups in total. The Bertz CT molecular complexity index is 377. The minimum absolute atomic E-state index is 0.383. The molecule has 0 aromatic heterocycles. The number of rotatable bonds is 3. The van der Waals surface area contributed by atoms with E-state index in [0.717, 1.165) is 11.3 Å². The molecule has 0 aliphatic carbocycles. The van der Waals surface area contributed by atoms with Crippen molar-refractivity contribution in [3.63, 3.8) is 0 Å². The van der Waals surface area contributed by atoms with Crippen molar-refractivity contribution in [2.45, 2.75) is 6.92 Å². The zero-order chi connectivity index (χ0) is 11.4. The fourth-order valence-electron chi connectivity index (χ4n) is 1.19. The van der Waals surface area contributed by atoms with E-state index in [1.165, 1.54) is 0 Å². The Morgan fingerprint density at radius 1 is 1.27 bits per heavy atom. The Morgan fingerprint density at radius 2 is 1.80 bits per heavy atom. The average molecular weight is 204 g/mol. The van der Waals surface area contributed by atoms with Gasteiger partial charge in [-0.3, -0.25) is 4.79 Å². The number of primary amides is 1. The topological polar surface area (TPSA) is 46.3 Å². The predicted molar refractivity (Wildman–Crippen MR) is 63.6 cm³/mol. The number of anilines is 1. The molecule has 1 aromatic rings. The molecule has 0 heterocycles. The number of hydrogen-bond donors (Lipinski definition) is 1. The number of hydrogen-bond acceptors (Lipinski definition) is 2. The van der Waals surface area contributed by atoms with E-state index in [1.54, 1.807) is 13.0 Å². The van der Waals surface area contributed by atoms with E-state index in [-0.39, 0.29) is 5.91 Å². The maximum atomic E-state index is 10.8. The molecule has 0 fully saturated rings. The largest absolute Gasteiger partial charge is 0.378 e. The van der Waals surface area contributed by atoms with Crippen LogP contribution in [0.15, 0.2) is 29.8 Å². The molecule has 0 saturated heterocycles. The molecule has 80 valence electrons. The molecule has 3 nitrogen and oxygen atoms in total. The highest BCUT2D eigenvalue weighted by Gasteiger charge is 1.98. The molecule has 1 aromatic carbocycles. The number of nitrogens with zero attached hydrogens (tertiary/aromatic N) is 1. The standard InChI is InChI=1S/C12H16N2O/c1-9(12(13)15)8-10-4-6-11(7-5-10)14(2)3/h4-8H,1-3H3,(H2,13,15). The third-order valence-corrected chi connectivity index (χ3v) is 2.18. The van der Waals surface area contributed by atoms with Gasteiger partial charge >= 0.3 is 0 Å². The first-order valence-electron chi connectivity index (χ1n) is 4.76. The van der Waals surface area contributed by atoms with Crippen LogP contribution in [0.2, 0.25) is 0 Å². The summed E-state index contributed by atoms with van der Waals surface area (Å²) in [5.41, 5.74) is 7.82. The van der Waals surface area contributed by atoms with E-state index in [1.807, 2.05) is 43.3 Å². The van der Waals surface area contributed by atoms with Crippen molar-refractivity contribution in [3.8, 4) is 0 Å². The molecular weight excluding hydrogens is 188 g/mol. The first-order valence-corrected chi connectivity index (χ1v) is 4.76. The lowest BCUT2D eigenvalue weighted by molar-refractivity contribution is -0.114. The molecule has 3 heteroatoms. The lowest BCUT2D eigenvalue weighted by Gasteiger charge is -2.11. The molecule has 0 radical (unpaired) electrons. The first kappa shape index (κ1) is 11.3. The molecule has 0 aliphatic heterocycles. The van der Waals surface area contributed by atoms with Gasteiger partial charge in [0.15, 0.2) is 0 Å². The van der Waals surface area contributed by atoms with Crippen molar-refractivity contribution in [2.75, 3.05) is 19.0 Å². The highest BCUT2D eigenvalue weighted by Crippen LogP contribution is 2.14. The Labute approximate surface area is 90.2 Å². The minimum Gasteiger partial charge on any atom is -0.378 e. The highest BCUT2D eigenvalue weighted by molar-refractivity contribution is 5.95. The number of benzene rings is 1. The van der Waals surface area contributed by atoms with Gasteiger partial charge in [-0.15, -0.1) is 0 Å². The van der Waals surface area contributed by atoms with Gasteiger partial charge in [0.05, 0.1) is 0 Å². The zero-order valence-corrected chi connectivity index (χ0v) is 9.32. The molecule has 1 amide bonds. The van der Waals surface area contributed by atoms with E-state index in [0.29, 0.717) is 5.57 Å². The molecule has 15 heavy (non-hydrogen) atoms. The summed E-state index contributed by atoms with van der Waals surface area (Å²) in [6.07, 6.45) is 1.78. The number of amides is 1. The van der Waals surface area contributed by atoms with Crippen molar-refractivity contribution in [2.24, 2.45) is 5.73 Å². The highest BCUT2D eigenvalue weighted by atomic mass is 16.1. The summed E-state index contributed by atoms with van der Waals surface area (Å²) < 4.78 is 0. The van der Waals surface area contributed by atoms with E-state index in [9.17, 15) is 4.79 Å². The first-order chi connectivity index (χ1) is 7.00. The zero-order valence-electron chi connectivity index (χ0n) is 9.32. The SMILES string of the molecule is CC(=Cc1ccc(N(C)C)cc1)C(N)=O. The molecule has 0 aliphatic rings. The van der Waals surface area contributed by atoms with Crippen molar-refractivity contribution >= 4 is 17.7 Å². The van der Waals surface area contributed by atoms with Crippen LogP contribution in [0.25, 0.3) is 6.08 Å². The number of nitrogens with two attached hydrogens (primary N) is 1. The van der Waals surface area contributed by atoms with Gasteiger partial charge in [0.25, 0.3) is 0 Å². The summed E-state index contributed by atoms with van der Waals surface area (Å²) in [6, 6.07) is 7.92. The van der Waals surface area contributed by atoms with Crippen LogP contribution in [-0.2, 0) is 4.79 Å². The van der Waals surface area contributed by atoms with Gasteiger partial charge in [-0.25, -0.2) is 0 Å². The average Bonchev–Trinajstić information content (AvgIpc) is 2.18. The second kappa shape index (κ2) is 4.64. The van der Waals surface area contributed by atoms with Crippen molar-refractivity contribution in [1.82, 2.24) is 0 Å². The Hall–Kier alpha value is -1.77. The summed E-state index contributed by atoms with van der Waals surface area (Å²) in [6.45, 7) is 1.71. The van der Waals surface area contributed by atoms with E-state index in [4.69, 9.17) is 5.73 Å². The molecule has 0 saturated carbocycles. The van der Waals surface area contributed by atoms with Gasteiger partial charge in [-0.2, -0.15) is 0 Å². The van der Waals surface area contributed by atoms with Crippen LogP contribution in [0.4, 0.5) is 5.69 Å². The fourth-order valence-corrected chi connectivity index (χ4v) is 1.19. The van der Waals surface area contributed by atoms with Crippen LogP contribution in [0.3, 0.4) is 0 Å². The van der Waals surface area contributed by atoms with E-state index in [2.05, 4.69) is 0 Å². The second-order valence-electron chi connectivity index (χ2n) is 3.68. The van der Waals surface area contributed by atoms with E-state index < -0.39 is 0 Å². The van der Waals surface area contributed by atoms with Crippen LogP contribution in [0.5, 0.6) is 0 Å². The lowest BCUT2D eigenvalue weighted by atomic mass is 10.1. The molecule has 1 rings (SSSR count). The minimum atomic E-state index is -0.383. The monoisotopic (exact) mass is 204 g/mol. The summed E-state index contributed by atoms with van der Waals surface area (Å²) in [5.74, 6) is -0.383. The van der Waals surface area contributed by atoms with Crippen LogP contribution < -0.4 is 10.6 Å². The Kier molecular flexibility index (Phi) is 3.50. The third kappa shape index (κ3) is 3.13. The summed E-state index contributed by atoms with van der Waals surface area (Å²) >= 11 is 0. The van der Waals surface area contributed by atoms with Gasteiger partial charge in [0, 0.05) is 25.4 Å². The smallest absolute Gasteiger partial charge is 0.244 e. The van der Waals surface area contributed by atoms with Gasteiger partial charge in [0.2, 0.25) is 5.91 Å². The maximum absolute atomic E-state index is 10.8. The quantitative estimate of drug-likeness (QED) is 0.761. The van der Waals surface area contributed by atoms with Crippen LogP contribution in [0.1, 0.15) is 12.5 Å². The van der Waals surface area contributed by atoms with Gasteiger partial charge in [0.1, 0.15) is 0 Å². The van der Waals surface area contributed by atoms with Gasteiger partial charge < -0.3 is 10.6 Å². The van der Waals surface area contributed by atoms with Gasteiger partial charge in [-0.1, -0.05) is 12.1 Å². The summed E-state index contributed by atoms with van der Waals surface area (Å²) in [5, 5.41) is 0. The molecular formula is C12H16N2O. The van der Waals surface area contributed by atoms with Crippen molar-refractivity contribution in [3.05, 3.63) is 35.4 Å².